The largest absolute Gasteiger partial charge is 0.507 e. The van der Waals surface area contributed by atoms with Crippen LogP contribution < -0.4 is 5.32 Å². The fourth-order valence-electron chi connectivity index (χ4n) is 7.98. The second-order valence-electron chi connectivity index (χ2n) is 14.8. The topological polar surface area (TPSA) is 118 Å². The van der Waals surface area contributed by atoms with Gasteiger partial charge in [-0.1, -0.05) is 158 Å². The summed E-state index contributed by atoms with van der Waals surface area (Å²) in [7, 11) is 0. The van der Waals surface area contributed by atoms with E-state index in [1.807, 2.05) is 54.6 Å². The Labute approximate surface area is 337 Å². The molecule has 1 fully saturated rings. The molecule has 58 heavy (non-hydrogen) atoms. The van der Waals surface area contributed by atoms with E-state index in [1.165, 1.54) is 0 Å². The van der Waals surface area contributed by atoms with Gasteiger partial charge in [-0.2, -0.15) is 0 Å². The third kappa shape index (κ3) is 6.56. The van der Waals surface area contributed by atoms with Crippen LogP contribution in [0.4, 0.5) is 0 Å². The summed E-state index contributed by atoms with van der Waals surface area (Å²) in [5.74, 6) is -0.397. The third-order valence-corrected chi connectivity index (χ3v) is 11.2. The maximum absolute atomic E-state index is 11.0. The van der Waals surface area contributed by atoms with Crippen LogP contribution in [0.25, 0.3) is 50.6 Å². The Kier molecular flexibility index (Phi) is 9.34. The minimum atomic E-state index is -0.611. The van der Waals surface area contributed by atoms with Crippen LogP contribution in [-0.4, -0.2) is 32.1 Å². The Hall–Kier alpha value is -7.38. The maximum Gasteiger partial charge on any atom is 0.201 e. The second kappa shape index (κ2) is 14.9. The molecule has 7 aromatic rings. The lowest BCUT2D eigenvalue weighted by atomic mass is 9.88. The minimum absolute atomic E-state index is 0.0366. The summed E-state index contributed by atoms with van der Waals surface area (Å²) in [6, 6.07) is 48.7. The van der Waals surface area contributed by atoms with E-state index in [0.717, 1.165) is 79.9 Å². The summed E-state index contributed by atoms with van der Waals surface area (Å²) in [6.07, 6.45) is 3.24. The first-order valence-corrected chi connectivity index (χ1v) is 19.4. The van der Waals surface area contributed by atoms with E-state index in [1.54, 1.807) is 12.1 Å². The monoisotopic (exact) mass is 759 g/mol. The zero-order valence-electron chi connectivity index (χ0n) is 31.9. The molecule has 1 saturated carbocycles. The number of benzene rings is 7. The number of nitrogens with zero attached hydrogens (tertiary/aromatic N) is 2. The van der Waals surface area contributed by atoms with Gasteiger partial charge < -0.3 is 25.7 Å². The molecule has 1 unspecified atom stereocenters. The molecule has 0 bridgehead atoms. The molecule has 5 N–H and O–H groups in total. The van der Waals surface area contributed by atoms with Gasteiger partial charge in [0.1, 0.15) is 17.8 Å². The highest BCUT2D eigenvalue weighted by atomic mass is 16.3. The van der Waals surface area contributed by atoms with Crippen molar-refractivity contribution in [2.24, 2.45) is 9.98 Å². The molecule has 1 aliphatic carbocycles. The van der Waals surface area contributed by atoms with Crippen molar-refractivity contribution < 1.29 is 20.4 Å². The van der Waals surface area contributed by atoms with E-state index in [4.69, 9.17) is 9.98 Å². The first kappa shape index (κ1) is 36.3. The number of phenolic OH excluding ortho intramolecular Hbond substituents is 4. The third-order valence-electron chi connectivity index (χ3n) is 11.2. The van der Waals surface area contributed by atoms with Crippen molar-refractivity contribution >= 4 is 17.7 Å². The summed E-state index contributed by atoms with van der Waals surface area (Å²) in [6.45, 7) is 6.38. The normalized spacial score (nSPS) is 14.9. The molecule has 9 rings (SSSR count). The Morgan fingerprint density at radius 1 is 0.552 bits per heavy atom. The molecular weight excluding hydrogens is 719 g/mol. The smallest absolute Gasteiger partial charge is 0.201 e. The molecule has 2 aliphatic rings. The fraction of sp³-hybridized carbons (Fsp3) is 0.0980. The van der Waals surface area contributed by atoms with E-state index in [2.05, 4.69) is 104 Å². The molecule has 7 aromatic carbocycles. The van der Waals surface area contributed by atoms with Crippen molar-refractivity contribution in [3.63, 3.8) is 0 Å². The van der Waals surface area contributed by atoms with E-state index >= 15 is 0 Å². The van der Waals surface area contributed by atoms with Crippen LogP contribution in [0.15, 0.2) is 162 Å². The fourth-order valence-corrected chi connectivity index (χ4v) is 7.98. The molecule has 0 aromatic heterocycles. The molecule has 0 spiro atoms. The van der Waals surface area contributed by atoms with Crippen LogP contribution in [-0.2, 0) is 0 Å². The number of hydrogen-bond donors (Lipinski definition) is 5. The highest BCUT2D eigenvalue weighted by molar-refractivity contribution is 6.14. The average molecular weight is 760 g/mol. The lowest BCUT2D eigenvalue weighted by Crippen LogP contribution is -2.33. The number of rotatable bonds is 9. The SMILES string of the molecule is C=Cc1c(-c2ccc(-c3ccc(-c4c(O)c(O)c(O)c(C5CC5)c4O)cc3)cc2)cccc1-c1cccc(C2=NC(c3ccccc3)NC(c3ccccc3)=N2)c1C. The number of phenols is 4. The Balaban J connectivity index is 1.03. The molecule has 1 atom stereocenters. The van der Waals surface area contributed by atoms with Gasteiger partial charge in [-0.3, -0.25) is 0 Å². The molecule has 7 heteroatoms. The van der Waals surface area contributed by atoms with Gasteiger partial charge in [-0.05, 0) is 81.3 Å². The number of aliphatic imine (C=N–C) groups is 2. The molecule has 284 valence electrons. The van der Waals surface area contributed by atoms with Crippen LogP contribution in [0, 0.1) is 6.92 Å². The Bertz CT molecular complexity index is 2750. The maximum atomic E-state index is 11.0. The number of amidine groups is 2. The zero-order valence-corrected chi connectivity index (χ0v) is 31.9. The van der Waals surface area contributed by atoms with E-state index in [9.17, 15) is 20.4 Å². The van der Waals surface area contributed by atoms with E-state index in [-0.39, 0.29) is 29.0 Å². The van der Waals surface area contributed by atoms with Crippen LogP contribution in [0.2, 0.25) is 0 Å². The molecule has 1 aliphatic heterocycles. The van der Waals surface area contributed by atoms with Crippen LogP contribution >= 0.6 is 0 Å². The predicted octanol–water partition coefficient (Wildman–Crippen LogP) is 11.5. The van der Waals surface area contributed by atoms with Gasteiger partial charge in [-0.25, -0.2) is 9.98 Å². The Morgan fingerprint density at radius 3 is 1.76 bits per heavy atom. The summed E-state index contributed by atoms with van der Waals surface area (Å²) in [5.41, 5.74) is 12.2. The quantitative estimate of drug-likeness (QED) is 0.0742. The standard InChI is InChI=1S/C51H41N3O4/c1-3-38-41(33-24-20-31(21-25-33)32-22-26-34(27-23-32)43-45(55)44(35-28-29-35)47(57)48(58)46(43)56)18-11-19-42(38)39-16-10-17-40(30(39)2)51-53-49(36-12-6-4-7-13-36)52-50(54-51)37-14-8-5-9-15-37/h3-27,35,49,55-58H,1,28-29H2,2H3,(H,52,53,54). The molecule has 0 radical (unpaired) electrons. The molecule has 7 nitrogen and oxygen atoms in total. The minimum Gasteiger partial charge on any atom is -0.507 e. The first-order valence-electron chi connectivity index (χ1n) is 19.4. The van der Waals surface area contributed by atoms with Crippen molar-refractivity contribution in [1.29, 1.82) is 0 Å². The zero-order chi connectivity index (χ0) is 39.9. The summed E-state index contributed by atoms with van der Waals surface area (Å²) < 4.78 is 0. The van der Waals surface area contributed by atoms with Gasteiger partial charge in [0.2, 0.25) is 5.75 Å². The van der Waals surface area contributed by atoms with Crippen molar-refractivity contribution in [2.45, 2.75) is 31.8 Å². The summed E-state index contributed by atoms with van der Waals surface area (Å²) in [5, 5.41) is 46.1. The van der Waals surface area contributed by atoms with Gasteiger partial charge in [0.15, 0.2) is 17.3 Å². The predicted molar refractivity (Wildman–Crippen MR) is 233 cm³/mol. The highest BCUT2D eigenvalue weighted by Gasteiger charge is 2.34. The highest BCUT2D eigenvalue weighted by Crippen LogP contribution is 2.58. The molecular formula is C51H41N3O4. The van der Waals surface area contributed by atoms with E-state index in [0.29, 0.717) is 11.4 Å². The summed E-state index contributed by atoms with van der Waals surface area (Å²) >= 11 is 0. The van der Waals surface area contributed by atoms with Gasteiger partial charge in [-0.15, -0.1) is 0 Å². The van der Waals surface area contributed by atoms with E-state index < -0.39 is 17.2 Å². The number of nitrogens with one attached hydrogen (secondary N) is 1. The first-order chi connectivity index (χ1) is 28.3. The van der Waals surface area contributed by atoms with Crippen molar-refractivity contribution in [2.75, 3.05) is 0 Å². The van der Waals surface area contributed by atoms with Crippen LogP contribution in [0.1, 0.15) is 58.3 Å². The van der Waals surface area contributed by atoms with Gasteiger partial charge in [0.05, 0.1) is 5.56 Å². The van der Waals surface area contributed by atoms with Crippen molar-refractivity contribution in [3.8, 4) is 67.5 Å². The number of aromatic hydroxyl groups is 4. The lowest BCUT2D eigenvalue weighted by Gasteiger charge is -2.24. The number of hydrogen-bond acceptors (Lipinski definition) is 7. The second-order valence-corrected chi connectivity index (χ2v) is 14.8. The van der Waals surface area contributed by atoms with Gasteiger partial charge in [0.25, 0.3) is 0 Å². The molecule has 1 heterocycles. The average Bonchev–Trinajstić information content (AvgIpc) is 4.12. The molecule has 0 amide bonds. The van der Waals surface area contributed by atoms with Crippen molar-refractivity contribution in [3.05, 3.63) is 186 Å². The summed E-state index contributed by atoms with van der Waals surface area (Å²) in [4.78, 5) is 10.2. The van der Waals surface area contributed by atoms with Gasteiger partial charge in [0, 0.05) is 16.7 Å². The Morgan fingerprint density at radius 2 is 1.12 bits per heavy atom. The van der Waals surface area contributed by atoms with Crippen LogP contribution in [0.3, 0.4) is 0 Å². The van der Waals surface area contributed by atoms with Crippen molar-refractivity contribution in [1.82, 2.24) is 5.32 Å². The van der Waals surface area contributed by atoms with Gasteiger partial charge >= 0.3 is 0 Å². The molecule has 0 saturated heterocycles. The van der Waals surface area contributed by atoms with Crippen LogP contribution in [0.5, 0.6) is 23.0 Å². The lowest BCUT2D eigenvalue weighted by molar-refractivity contribution is 0.358.